The average molecular weight is 286 g/mol. The van der Waals surface area contributed by atoms with Gasteiger partial charge in [0.2, 0.25) is 0 Å². The maximum Gasteiger partial charge on any atom is 0.323 e. The molecule has 20 heavy (non-hydrogen) atoms. The second-order valence-electron chi connectivity index (χ2n) is 5.24. The third-order valence-electron chi connectivity index (χ3n) is 3.77. The van der Waals surface area contributed by atoms with Gasteiger partial charge in [-0.15, -0.1) is 0 Å². The van der Waals surface area contributed by atoms with Gasteiger partial charge in [0.05, 0.1) is 6.10 Å². The molecule has 0 spiro atoms. The maximum absolute atomic E-state index is 12.5. The van der Waals surface area contributed by atoms with Crippen molar-refractivity contribution < 1.29 is 19.4 Å². The number of hydrogen-bond acceptors (Lipinski definition) is 3. The van der Waals surface area contributed by atoms with E-state index < -0.39 is 5.97 Å². The molecule has 2 unspecified atom stereocenters. The minimum Gasteiger partial charge on any atom is -0.480 e. The van der Waals surface area contributed by atoms with Gasteiger partial charge in [-0.2, -0.15) is 0 Å². The first-order valence-corrected chi connectivity index (χ1v) is 7.38. The van der Waals surface area contributed by atoms with Crippen molar-refractivity contribution in [2.24, 2.45) is 0 Å². The Balaban J connectivity index is 2.70. The highest BCUT2D eigenvalue weighted by molar-refractivity contribution is 5.80. The molecule has 1 saturated heterocycles. The molecular weight excluding hydrogens is 260 g/mol. The van der Waals surface area contributed by atoms with Crippen LogP contribution in [0.25, 0.3) is 0 Å². The lowest BCUT2D eigenvalue weighted by molar-refractivity contribution is -0.138. The van der Waals surface area contributed by atoms with Crippen LogP contribution >= 0.6 is 0 Å². The highest BCUT2D eigenvalue weighted by atomic mass is 16.5. The molecule has 0 aromatic rings. The summed E-state index contributed by atoms with van der Waals surface area (Å²) in [6, 6.07) is -0.295. The normalized spacial score (nSPS) is 19.6. The van der Waals surface area contributed by atoms with Gasteiger partial charge in [0, 0.05) is 25.7 Å². The highest BCUT2D eigenvalue weighted by Crippen LogP contribution is 2.15. The molecule has 1 aliphatic heterocycles. The zero-order chi connectivity index (χ0) is 15.1. The predicted octanol–water partition coefficient (Wildman–Crippen LogP) is 1.79. The van der Waals surface area contributed by atoms with E-state index in [-0.39, 0.29) is 24.7 Å². The summed E-state index contributed by atoms with van der Waals surface area (Å²) in [5.41, 5.74) is 0. The van der Waals surface area contributed by atoms with Gasteiger partial charge in [0.15, 0.2) is 0 Å². The lowest BCUT2D eigenvalue weighted by Gasteiger charge is -2.33. The molecule has 0 aromatic heterocycles. The Kier molecular flexibility index (Phi) is 6.78. The van der Waals surface area contributed by atoms with E-state index in [1.807, 2.05) is 20.8 Å². The number of carbonyl (C=O) groups is 2. The van der Waals surface area contributed by atoms with Crippen LogP contribution in [0.5, 0.6) is 0 Å². The van der Waals surface area contributed by atoms with Crippen molar-refractivity contribution in [3.63, 3.8) is 0 Å². The summed E-state index contributed by atoms with van der Waals surface area (Å²) >= 11 is 0. The van der Waals surface area contributed by atoms with Crippen molar-refractivity contribution in [2.75, 3.05) is 26.2 Å². The number of amides is 2. The van der Waals surface area contributed by atoms with Crippen LogP contribution < -0.4 is 0 Å². The third-order valence-corrected chi connectivity index (χ3v) is 3.77. The molecule has 1 heterocycles. The lowest BCUT2D eigenvalue weighted by atomic mass is 10.2. The Labute approximate surface area is 120 Å². The van der Waals surface area contributed by atoms with E-state index in [9.17, 15) is 9.59 Å². The van der Waals surface area contributed by atoms with Crippen LogP contribution in [-0.4, -0.2) is 65.3 Å². The number of carboxylic acid groups (broad SMARTS) is 1. The van der Waals surface area contributed by atoms with Crippen LogP contribution in [0.2, 0.25) is 0 Å². The SMILES string of the molecule is CCC(C)N(CC(=O)O)C(=O)N(CC)CC1CCCO1. The van der Waals surface area contributed by atoms with Crippen molar-refractivity contribution in [3.05, 3.63) is 0 Å². The fourth-order valence-electron chi connectivity index (χ4n) is 2.34. The number of urea groups is 1. The van der Waals surface area contributed by atoms with Gasteiger partial charge in [-0.25, -0.2) is 4.79 Å². The second kappa shape index (κ2) is 8.09. The lowest BCUT2D eigenvalue weighted by Crippen LogP contribution is -2.50. The van der Waals surface area contributed by atoms with Crippen LogP contribution in [0, 0.1) is 0 Å². The Morgan fingerprint density at radius 3 is 2.55 bits per heavy atom. The second-order valence-corrected chi connectivity index (χ2v) is 5.24. The number of nitrogens with zero attached hydrogens (tertiary/aromatic N) is 2. The Morgan fingerprint density at radius 1 is 1.40 bits per heavy atom. The molecule has 1 N–H and O–H groups in total. The molecule has 6 nitrogen and oxygen atoms in total. The van der Waals surface area contributed by atoms with Gasteiger partial charge in [-0.3, -0.25) is 4.79 Å². The quantitative estimate of drug-likeness (QED) is 0.774. The standard InChI is InChI=1S/C14H26N2O4/c1-4-11(3)16(10-13(17)18)14(19)15(5-2)9-12-7-6-8-20-12/h11-12H,4-10H2,1-3H3,(H,17,18). The van der Waals surface area contributed by atoms with E-state index in [0.29, 0.717) is 13.1 Å². The maximum atomic E-state index is 12.5. The predicted molar refractivity (Wildman–Crippen MR) is 75.7 cm³/mol. The van der Waals surface area contributed by atoms with Crippen molar-refractivity contribution in [1.82, 2.24) is 9.80 Å². The van der Waals surface area contributed by atoms with Crippen LogP contribution in [0.3, 0.4) is 0 Å². The Morgan fingerprint density at radius 2 is 2.10 bits per heavy atom. The first kappa shape index (κ1) is 16.8. The fourth-order valence-corrected chi connectivity index (χ4v) is 2.34. The first-order valence-electron chi connectivity index (χ1n) is 7.38. The summed E-state index contributed by atoms with van der Waals surface area (Å²) in [6.45, 7) is 7.33. The molecule has 0 aliphatic carbocycles. The summed E-state index contributed by atoms with van der Waals surface area (Å²) in [5.74, 6) is -0.980. The van der Waals surface area contributed by atoms with Crippen molar-refractivity contribution in [2.45, 2.75) is 52.2 Å². The van der Waals surface area contributed by atoms with Crippen LogP contribution in [0.4, 0.5) is 4.79 Å². The van der Waals surface area contributed by atoms with Crippen molar-refractivity contribution in [1.29, 1.82) is 0 Å². The van der Waals surface area contributed by atoms with Gasteiger partial charge in [-0.1, -0.05) is 6.92 Å². The number of aliphatic carboxylic acids is 1. The fraction of sp³-hybridized carbons (Fsp3) is 0.857. The zero-order valence-electron chi connectivity index (χ0n) is 12.7. The van der Waals surface area contributed by atoms with Crippen molar-refractivity contribution in [3.8, 4) is 0 Å². The summed E-state index contributed by atoms with van der Waals surface area (Å²) in [5, 5.41) is 8.98. The largest absolute Gasteiger partial charge is 0.480 e. The van der Waals surface area contributed by atoms with E-state index in [1.165, 1.54) is 4.90 Å². The zero-order valence-corrected chi connectivity index (χ0v) is 12.7. The summed E-state index contributed by atoms with van der Waals surface area (Å²) in [4.78, 5) is 26.6. The molecular formula is C14H26N2O4. The highest BCUT2D eigenvalue weighted by Gasteiger charge is 2.28. The summed E-state index contributed by atoms with van der Waals surface area (Å²) < 4.78 is 5.55. The number of ether oxygens (including phenoxy) is 1. The molecule has 1 rings (SSSR count). The van der Waals surface area contributed by atoms with E-state index in [1.54, 1.807) is 4.90 Å². The number of rotatable bonds is 7. The molecule has 6 heteroatoms. The molecule has 1 fully saturated rings. The Bertz CT molecular complexity index is 329. The minimum absolute atomic E-state index is 0.0857. The average Bonchev–Trinajstić information content (AvgIpc) is 2.93. The third kappa shape index (κ3) is 4.67. The number of carbonyl (C=O) groups excluding carboxylic acids is 1. The molecule has 1 aliphatic rings. The van der Waals surface area contributed by atoms with Crippen LogP contribution in [0.15, 0.2) is 0 Å². The molecule has 2 amide bonds. The van der Waals surface area contributed by atoms with Crippen molar-refractivity contribution >= 4 is 12.0 Å². The monoisotopic (exact) mass is 286 g/mol. The molecule has 2 atom stereocenters. The van der Waals surface area contributed by atoms with E-state index in [2.05, 4.69) is 0 Å². The van der Waals surface area contributed by atoms with Gasteiger partial charge >= 0.3 is 12.0 Å². The Hall–Kier alpha value is -1.30. The minimum atomic E-state index is -0.980. The molecule has 0 aromatic carbocycles. The van der Waals surface area contributed by atoms with Gasteiger partial charge in [-0.05, 0) is 33.1 Å². The summed E-state index contributed by atoms with van der Waals surface area (Å²) in [6.07, 6.45) is 2.81. The molecule has 0 saturated carbocycles. The first-order chi connectivity index (χ1) is 9.49. The smallest absolute Gasteiger partial charge is 0.323 e. The van der Waals surface area contributed by atoms with Gasteiger partial charge in [0.1, 0.15) is 6.54 Å². The van der Waals surface area contributed by atoms with Gasteiger partial charge < -0.3 is 19.6 Å². The number of carboxylic acids is 1. The molecule has 0 bridgehead atoms. The van der Waals surface area contributed by atoms with Gasteiger partial charge in [0.25, 0.3) is 0 Å². The van der Waals surface area contributed by atoms with E-state index in [0.717, 1.165) is 25.9 Å². The van der Waals surface area contributed by atoms with E-state index in [4.69, 9.17) is 9.84 Å². The number of hydrogen-bond donors (Lipinski definition) is 1. The van der Waals surface area contributed by atoms with Crippen LogP contribution in [-0.2, 0) is 9.53 Å². The topological polar surface area (TPSA) is 70.1 Å². The molecule has 116 valence electrons. The van der Waals surface area contributed by atoms with E-state index >= 15 is 0 Å². The number of likely N-dealkylation sites (N-methyl/N-ethyl adjacent to an activating group) is 1. The van der Waals surface area contributed by atoms with Crippen LogP contribution in [0.1, 0.15) is 40.0 Å². The molecule has 0 radical (unpaired) electrons. The summed E-state index contributed by atoms with van der Waals surface area (Å²) in [7, 11) is 0.